The van der Waals surface area contributed by atoms with Gasteiger partial charge in [-0.05, 0) is 18.2 Å². The molecule has 0 spiro atoms. The zero-order valence-electron chi connectivity index (χ0n) is 13.5. The van der Waals surface area contributed by atoms with Crippen LogP contribution in [0.1, 0.15) is 15.9 Å². The number of rotatable bonds is 4. The van der Waals surface area contributed by atoms with Crippen LogP contribution in [-0.2, 0) is 0 Å². The van der Waals surface area contributed by atoms with Crippen LogP contribution >= 0.6 is 0 Å². The van der Waals surface area contributed by atoms with E-state index >= 15 is 0 Å². The predicted octanol–water partition coefficient (Wildman–Crippen LogP) is 2.78. The van der Waals surface area contributed by atoms with E-state index in [2.05, 4.69) is 4.99 Å². The Bertz CT molecular complexity index is 961. The van der Waals surface area contributed by atoms with E-state index in [4.69, 9.17) is 10.7 Å². The molecule has 1 atom stereocenters. The molecule has 0 aliphatic carbocycles. The van der Waals surface area contributed by atoms with Crippen LogP contribution in [0, 0.1) is 0 Å². The number of aromatic carboxylic acids is 1. The molecule has 6 heteroatoms. The first-order chi connectivity index (χ1) is 12.1. The summed E-state index contributed by atoms with van der Waals surface area (Å²) in [5.41, 5.74) is 9.55. The SMILES string of the molecule is NCC[N+]12C=C(c3cccc(C(=O)O)c3)N=C1C=Nc1ccccc12. The zero-order chi connectivity index (χ0) is 17.4. The Morgan fingerprint density at radius 1 is 1.16 bits per heavy atom. The van der Waals surface area contributed by atoms with Crippen LogP contribution in [0.3, 0.4) is 0 Å². The number of nitrogens with zero attached hydrogens (tertiary/aromatic N) is 3. The van der Waals surface area contributed by atoms with Gasteiger partial charge in [0, 0.05) is 18.2 Å². The second-order valence-corrected chi connectivity index (χ2v) is 6.00. The minimum atomic E-state index is -0.955. The van der Waals surface area contributed by atoms with E-state index in [-0.39, 0.29) is 5.56 Å². The van der Waals surface area contributed by atoms with Gasteiger partial charge in [-0.3, -0.25) is 0 Å². The molecule has 0 fully saturated rings. The minimum Gasteiger partial charge on any atom is -0.478 e. The van der Waals surface area contributed by atoms with Crippen LogP contribution in [0.2, 0.25) is 0 Å². The molecule has 0 radical (unpaired) electrons. The summed E-state index contributed by atoms with van der Waals surface area (Å²) in [6.07, 6.45) is 3.80. The molecule has 6 nitrogen and oxygen atoms in total. The largest absolute Gasteiger partial charge is 0.478 e. The van der Waals surface area contributed by atoms with E-state index in [1.54, 1.807) is 24.4 Å². The molecule has 0 saturated carbocycles. The van der Waals surface area contributed by atoms with Gasteiger partial charge in [0.15, 0.2) is 5.69 Å². The van der Waals surface area contributed by atoms with Gasteiger partial charge in [0.25, 0.3) is 5.84 Å². The maximum atomic E-state index is 11.3. The van der Waals surface area contributed by atoms with Crippen LogP contribution in [0.25, 0.3) is 5.70 Å². The molecule has 2 aromatic carbocycles. The third-order valence-electron chi connectivity index (χ3n) is 4.50. The van der Waals surface area contributed by atoms with E-state index < -0.39 is 5.97 Å². The van der Waals surface area contributed by atoms with Crippen molar-refractivity contribution in [2.45, 2.75) is 0 Å². The van der Waals surface area contributed by atoms with Crippen LogP contribution in [-0.4, -0.2) is 36.2 Å². The summed E-state index contributed by atoms with van der Waals surface area (Å²) < 4.78 is 0.406. The molecule has 1 unspecified atom stereocenters. The molecular weight excluding hydrogens is 316 g/mol. The predicted molar refractivity (Wildman–Crippen MR) is 99.1 cm³/mol. The fraction of sp³-hybridized carbons (Fsp3) is 0.105. The fourth-order valence-corrected chi connectivity index (χ4v) is 3.33. The zero-order valence-corrected chi connectivity index (χ0v) is 13.5. The summed E-state index contributed by atoms with van der Waals surface area (Å²) in [6, 6.07) is 14.7. The number of carbonyl (C=O) groups is 1. The van der Waals surface area contributed by atoms with Crippen LogP contribution in [0.15, 0.2) is 64.7 Å². The average Bonchev–Trinajstić information content (AvgIpc) is 3.02. The normalized spacial score (nSPS) is 20.5. The van der Waals surface area contributed by atoms with Gasteiger partial charge in [0.2, 0.25) is 0 Å². The summed E-state index contributed by atoms with van der Waals surface area (Å²) >= 11 is 0. The second-order valence-electron chi connectivity index (χ2n) is 6.00. The monoisotopic (exact) mass is 333 g/mol. The number of benzene rings is 2. The summed E-state index contributed by atoms with van der Waals surface area (Å²) in [6.45, 7) is 1.14. The fourth-order valence-electron chi connectivity index (χ4n) is 3.33. The van der Waals surface area contributed by atoms with Crippen molar-refractivity contribution in [1.29, 1.82) is 0 Å². The topological polar surface area (TPSA) is 88.0 Å². The lowest BCUT2D eigenvalue weighted by Crippen LogP contribution is -2.52. The lowest BCUT2D eigenvalue weighted by Gasteiger charge is -2.32. The highest BCUT2D eigenvalue weighted by Crippen LogP contribution is 2.41. The van der Waals surface area contributed by atoms with Crippen LogP contribution in [0.4, 0.5) is 11.4 Å². The Morgan fingerprint density at radius 2 is 2.00 bits per heavy atom. The number of carboxylic acid groups (broad SMARTS) is 1. The number of nitrogens with two attached hydrogens (primary N) is 1. The number of hydrogen-bond donors (Lipinski definition) is 2. The Balaban J connectivity index is 1.88. The molecule has 25 heavy (non-hydrogen) atoms. The van der Waals surface area contributed by atoms with Gasteiger partial charge in [-0.1, -0.05) is 24.3 Å². The Morgan fingerprint density at radius 3 is 2.80 bits per heavy atom. The van der Waals surface area contributed by atoms with E-state index in [9.17, 15) is 9.90 Å². The molecule has 2 aliphatic heterocycles. The van der Waals surface area contributed by atoms with Crippen molar-refractivity contribution in [1.82, 2.24) is 4.48 Å². The molecule has 0 bridgehead atoms. The van der Waals surface area contributed by atoms with E-state index in [0.29, 0.717) is 17.6 Å². The standard InChI is InChI=1S/C19H16N4O2/c20-8-9-23-12-16(13-4-3-5-14(10-13)19(24)25)22-18(23)11-21-15-6-1-2-7-17(15)23/h1-7,10-12H,8-9,20H2/p+1. The second kappa shape index (κ2) is 5.77. The molecule has 2 heterocycles. The highest BCUT2D eigenvalue weighted by molar-refractivity contribution is 6.38. The Kier molecular flexibility index (Phi) is 3.56. The van der Waals surface area contributed by atoms with E-state index in [0.717, 1.165) is 28.5 Å². The summed E-state index contributed by atoms with van der Waals surface area (Å²) in [5.74, 6) is -0.163. The van der Waals surface area contributed by atoms with Gasteiger partial charge < -0.3 is 10.8 Å². The van der Waals surface area contributed by atoms with Gasteiger partial charge in [-0.2, -0.15) is 4.99 Å². The molecule has 3 N–H and O–H groups in total. The number of amidine groups is 1. The third-order valence-corrected chi connectivity index (χ3v) is 4.50. The highest BCUT2D eigenvalue weighted by atomic mass is 16.4. The Labute approximate surface area is 144 Å². The quantitative estimate of drug-likeness (QED) is 0.843. The van der Waals surface area contributed by atoms with Crippen molar-refractivity contribution in [3.05, 3.63) is 65.9 Å². The van der Waals surface area contributed by atoms with Crippen molar-refractivity contribution in [3.63, 3.8) is 0 Å². The van der Waals surface area contributed by atoms with Gasteiger partial charge in [-0.25, -0.2) is 14.3 Å². The van der Waals surface area contributed by atoms with Gasteiger partial charge in [-0.15, -0.1) is 0 Å². The van der Waals surface area contributed by atoms with Crippen molar-refractivity contribution >= 4 is 35.1 Å². The maximum Gasteiger partial charge on any atom is 0.335 e. The first kappa shape index (κ1) is 15.4. The van der Waals surface area contributed by atoms with Gasteiger partial charge in [0.1, 0.15) is 30.3 Å². The molecule has 0 aromatic heterocycles. The number of para-hydroxylation sites is 2. The number of carboxylic acids is 1. The van der Waals surface area contributed by atoms with E-state index in [1.165, 1.54) is 0 Å². The molecule has 4 rings (SSSR count). The van der Waals surface area contributed by atoms with Crippen LogP contribution in [0.5, 0.6) is 0 Å². The molecule has 2 aromatic rings. The summed E-state index contributed by atoms with van der Waals surface area (Å²) in [7, 11) is 0. The lowest BCUT2D eigenvalue weighted by atomic mass is 10.1. The molecular formula is C19H17N4O2+. The molecule has 0 amide bonds. The lowest BCUT2D eigenvalue weighted by molar-refractivity contribution is 0.0697. The number of fused-ring (bicyclic) bond motifs is 3. The molecule has 2 aliphatic rings. The van der Waals surface area contributed by atoms with Crippen LogP contribution < -0.4 is 10.2 Å². The summed E-state index contributed by atoms with van der Waals surface area (Å²) in [4.78, 5) is 20.5. The first-order valence-corrected chi connectivity index (χ1v) is 8.01. The van der Waals surface area contributed by atoms with Gasteiger partial charge >= 0.3 is 5.97 Å². The van der Waals surface area contributed by atoms with Crippen molar-refractivity contribution in [2.24, 2.45) is 15.7 Å². The highest BCUT2D eigenvalue weighted by Gasteiger charge is 2.43. The van der Waals surface area contributed by atoms with Crippen molar-refractivity contribution < 1.29 is 9.90 Å². The molecule has 0 saturated heterocycles. The smallest absolute Gasteiger partial charge is 0.335 e. The van der Waals surface area contributed by atoms with Gasteiger partial charge in [0.05, 0.1) is 5.56 Å². The third kappa shape index (κ3) is 2.39. The minimum absolute atomic E-state index is 0.239. The number of aliphatic imine (C=N–C) groups is 2. The number of quaternary nitrogens is 1. The molecule has 124 valence electrons. The summed E-state index contributed by atoms with van der Waals surface area (Å²) in [5, 5.41) is 9.23. The Hall–Kier alpha value is -3.09. The first-order valence-electron chi connectivity index (χ1n) is 8.01. The van der Waals surface area contributed by atoms with E-state index in [1.807, 2.05) is 36.5 Å². The number of hydrogen-bond acceptors (Lipinski definition) is 4. The van der Waals surface area contributed by atoms with Crippen molar-refractivity contribution in [2.75, 3.05) is 13.1 Å². The average molecular weight is 333 g/mol. The van der Waals surface area contributed by atoms with Crippen molar-refractivity contribution in [3.8, 4) is 0 Å². The maximum absolute atomic E-state index is 11.3.